The Balaban J connectivity index is 1.45. The van der Waals surface area contributed by atoms with Crippen molar-refractivity contribution in [2.24, 2.45) is 11.8 Å². The van der Waals surface area contributed by atoms with Crippen molar-refractivity contribution in [1.29, 1.82) is 0 Å². The fourth-order valence-corrected chi connectivity index (χ4v) is 4.30. The Morgan fingerprint density at radius 1 is 1.05 bits per heavy atom. The molecule has 2 fully saturated rings. The summed E-state index contributed by atoms with van der Waals surface area (Å²) in [5.41, 5.74) is 1.43. The minimum Gasteiger partial charge on any atom is -0.356 e. The number of ketones is 1. The van der Waals surface area contributed by atoms with Crippen LogP contribution >= 0.6 is 0 Å². The van der Waals surface area contributed by atoms with E-state index in [9.17, 15) is 32.3 Å². The van der Waals surface area contributed by atoms with E-state index in [1.54, 1.807) is 0 Å². The van der Waals surface area contributed by atoms with E-state index in [0.29, 0.717) is 25.1 Å². The van der Waals surface area contributed by atoms with Gasteiger partial charge in [0.1, 0.15) is 18.3 Å². The normalized spacial score (nSPS) is 18.9. The number of hydrogen-bond acceptors (Lipinski definition) is 6. The van der Waals surface area contributed by atoms with Crippen molar-refractivity contribution in [2.75, 3.05) is 13.2 Å². The van der Waals surface area contributed by atoms with Gasteiger partial charge in [-0.1, -0.05) is 43.2 Å². The molecule has 204 valence electrons. The molecule has 1 aromatic carbocycles. The minimum absolute atomic E-state index is 0.117. The summed E-state index contributed by atoms with van der Waals surface area (Å²) in [6.45, 7) is -0.939. The van der Waals surface area contributed by atoms with E-state index >= 15 is 0 Å². The highest BCUT2D eigenvalue weighted by atomic mass is 19.4. The molecule has 4 N–H and O–H groups in total. The molecule has 1 aliphatic heterocycles. The molecule has 13 heteroatoms. The number of ether oxygens (including phenoxy) is 1. The number of H-pyrrole nitrogens is 1. The van der Waals surface area contributed by atoms with Crippen LogP contribution in [0.2, 0.25) is 0 Å². The third kappa shape index (κ3) is 7.63. The van der Waals surface area contributed by atoms with Gasteiger partial charge in [-0.25, -0.2) is 0 Å². The summed E-state index contributed by atoms with van der Waals surface area (Å²) in [6, 6.07) is 8.24. The molecule has 38 heavy (non-hydrogen) atoms. The van der Waals surface area contributed by atoms with Crippen molar-refractivity contribution in [3.8, 4) is 11.3 Å². The first kappa shape index (κ1) is 27.3. The Kier molecular flexibility index (Phi) is 8.45. The van der Waals surface area contributed by atoms with E-state index in [-0.39, 0.29) is 23.9 Å². The Hall–Kier alpha value is -3.74. The van der Waals surface area contributed by atoms with Crippen molar-refractivity contribution in [3.05, 3.63) is 42.1 Å². The average molecular weight is 536 g/mol. The van der Waals surface area contributed by atoms with Crippen LogP contribution < -0.4 is 16.0 Å². The number of nitrogens with one attached hydrogen (secondary N) is 4. The number of aromatic nitrogens is 2. The zero-order chi connectivity index (χ0) is 27.3. The van der Waals surface area contributed by atoms with Gasteiger partial charge in [0.2, 0.25) is 11.8 Å². The average Bonchev–Trinajstić information content (AvgIpc) is 3.39. The lowest BCUT2D eigenvalue weighted by atomic mass is 9.95. The summed E-state index contributed by atoms with van der Waals surface area (Å²) < 4.78 is 41.2. The molecule has 3 amide bonds. The van der Waals surface area contributed by atoms with Crippen LogP contribution in [0.5, 0.6) is 0 Å². The van der Waals surface area contributed by atoms with E-state index in [1.165, 1.54) is 6.07 Å². The second kappa shape index (κ2) is 11.8. The second-order valence-corrected chi connectivity index (χ2v) is 9.51. The zero-order valence-corrected chi connectivity index (χ0v) is 20.3. The first-order valence-corrected chi connectivity index (χ1v) is 12.3. The highest BCUT2D eigenvalue weighted by Crippen LogP contribution is 2.33. The summed E-state index contributed by atoms with van der Waals surface area (Å²) in [7, 11) is 0. The molecule has 1 aromatic heterocycles. The van der Waals surface area contributed by atoms with Crippen molar-refractivity contribution in [2.45, 2.75) is 50.6 Å². The Morgan fingerprint density at radius 2 is 1.79 bits per heavy atom. The number of hydrogen-bond donors (Lipinski definition) is 4. The molecule has 10 nitrogen and oxygen atoms in total. The molecule has 2 aromatic rings. The van der Waals surface area contributed by atoms with E-state index < -0.39 is 48.6 Å². The van der Waals surface area contributed by atoms with Gasteiger partial charge >= 0.3 is 6.36 Å². The molecule has 2 aliphatic rings. The summed E-state index contributed by atoms with van der Waals surface area (Å²) in [5.74, 6) is -3.14. The van der Waals surface area contributed by atoms with Crippen LogP contribution in [0.15, 0.2) is 36.4 Å². The van der Waals surface area contributed by atoms with E-state index in [4.69, 9.17) is 0 Å². The number of carbonyl (C=O) groups is 4. The predicted octanol–water partition coefficient (Wildman–Crippen LogP) is 2.09. The molecule has 0 unspecified atom stereocenters. The maximum Gasteiger partial charge on any atom is 0.522 e. The maximum atomic E-state index is 13.2. The van der Waals surface area contributed by atoms with E-state index in [0.717, 1.165) is 18.4 Å². The van der Waals surface area contributed by atoms with Crippen LogP contribution in [0.1, 0.15) is 42.6 Å². The summed E-state index contributed by atoms with van der Waals surface area (Å²) in [6.07, 6.45) is -2.80. The van der Waals surface area contributed by atoms with Crippen molar-refractivity contribution in [1.82, 2.24) is 26.1 Å². The van der Waals surface area contributed by atoms with Crippen LogP contribution in [0.3, 0.4) is 0 Å². The number of carbonyl (C=O) groups excluding carboxylic acids is 4. The minimum atomic E-state index is -5.03. The molecule has 2 heterocycles. The molecule has 4 rings (SSSR count). The molecular formula is C25H28F3N5O5. The Labute approximate surface area is 216 Å². The molecule has 0 bridgehead atoms. The predicted molar refractivity (Wildman–Crippen MR) is 127 cm³/mol. The van der Waals surface area contributed by atoms with Gasteiger partial charge in [0.05, 0.1) is 11.7 Å². The molecule has 3 atom stereocenters. The molecule has 0 radical (unpaired) electrons. The lowest BCUT2D eigenvalue weighted by Crippen LogP contribution is -2.53. The number of halogens is 3. The van der Waals surface area contributed by atoms with Crippen LogP contribution in [-0.4, -0.2) is 65.3 Å². The third-order valence-electron chi connectivity index (χ3n) is 6.55. The first-order chi connectivity index (χ1) is 18.1. The largest absolute Gasteiger partial charge is 0.522 e. The second-order valence-electron chi connectivity index (χ2n) is 9.51. The number of benzene rings is 1. The van der Waals surface area contributed by atoms with Crippen LogP contribution in [0.4, 0.5) is 13.2 Å². The number of aromatic amines is 1. The molecule has 0 spiro atoms. The molecule has 1 saturated heterocycles. The quantitative estimate of drug-likeness (QED) is 0.328. The monoisotopic (exact) mass is 535 g/mol. The van der Waals surface area contributed by atoms with Crippen LogP contribution in [0, 0.1) is 11.8 Å². The van der Waals surface area contributed by atoms with Crippen molar-refractivity contribution in [3.63, 3.8) is 0 Å². The van der Waals surface area contributed by atoms with E-state index in [1.807, 2.05) is 30.3 Å². The number of alkyl halides is 3. The van der Waals surface area contributed by atoms with E-state index in [2.05, 4.69) is 30.9 Å². The summed E-state index contributed by atoms with van der Waals surface area (Å²) in [4.78, 5) is 50.7. The fourth-order valence-electron chi connectivity index (χ4n) is 4.30. The number of amides is 3. The van der Waals surface area contributed by atoms with Gasteiger partial charge in [-0.05, 0) is 31.2 Å². The number of Topliss-reactive ketones (excluding diaryl/α,β-unsaturated/α-hetero) is 1. The van der Waals surface area contributed by atoms with Crippen LogP contribution in [0.25, 0.3) is 11.3 Å². The van der Waals surface area contributed by atoms with Gasteiger partial charge in [0.15, 0.2) is 5.78 Å². The molecular weight excluding hydrogens is 507 g/mol. The summed E-state index contributed by atoms with van der Waals surface area (Å²) in [5, 5.41) is 14.5. The highest BCUT2D eigenvalue weighted by Gasteiger charge is 2.37. The van der Waals surface area contributed by atoms with Crippen LogP contribution in [-0.2, 0) is 19.1 Å². The summed E-state index contributed by atoms with van der Waals surface area (Å²) >= 11 is 0. The first-order valence-electron chi connectivity index (χ1n) is 12.3. The fraction of sp³-hybridized carbons (Fsp3) is 0.480. The van der Waals surface area contributed by atoms with Gasteiger partial charge in [0, 0.05) is 18.0 Å². The molecule has 1 aliphatic carbocycles. The van der Waals surface area contributed by atoms with Gasteiger partial charge in [-0.2, -0.15) is 5.10 Å². The molecule has 1 saturated carbocycles. The SMILES string of the molecule is O=C(N[C@@H](CC1CC1)C(=O)N[C@@H](C[C@@H]1CCNC1=O)C(=O)COC(F)(F)F)c1cc(-c2ccccc2)n[nH]1. The Morgan fingerprint density at radius 3 is 2.42 bits per heavy atom. The van der Waals surface area contributed by atoms with Gasteiger partial charge in [0.25, 0.3) is 5.91 Å². The lowest BCUT2D eigenvalue weighted by Gasteiger charge is -2.24. The number of rotatable bonds is 12. The van der Waals surface area contributed by atoms with Gasteiger partial charge in [-0.15, -0.1) is 13.2 Å². The maximum absolute atomic E-state index is 13.2. The third-order valence-corrected chi connectivity index (χ3v) is 6.55. The highest BCUT2D eigenvalue weighted by molar-refractivity contribution is 5.98. The Bertz CT molecular complexity index is 1170. The smallest absolute Gasteiger partial charge is 0.356 e. The van der Waals surface area contributed by atoms with Gasteiger partial charge in [-0.3, -0.25) is 29.0 Å². The van der Waals surface area contributed by atoms with Gasteiger partial charge < -0.3 is 16.0 Å². The zero-order valence-electron chi connectivity index (χ0n) is 20.3. The standard InChI is InChI=1S/C25H28F3N5O5/c26-25(27,28)38-13-21(34)18(11-16-8-9-29-22(16)35)30-23(36)19(10-14-6-7-14)31-24(37)20-12-17(32-33-20)15-4-2-1-3-5-15/h1-5,12,14,16,18-19H,6-11,13H2,(H,29,35)(H,30,36)(H,31,37)(H,32,33)/t16-,18-,19-/m0/s1. The number of nitrogens with zero attached hydrogens (tertiary/aromatic N) is 1. The van der Waals surface area contributed by atoms with Crippen molar-refractivity contribution < 1.29 is 37.1 Å². The van der Waals surface area contributed by atoms with Crippen molar-refractivity contribution >= 4 is 23.5 Å². The topological polar surface area (TPSA) is 142 Å². The lowest BCUT2D eigenvalue weighted by molar-refractivity contribution is -0.321.